The number of hydrogen-bond donors (Lipinski definition) is 2. The highest BCUT2D eigenvalue weighted by atomic mass is 16.2. The number of aromatic nitrogens is 5. The molecule has 8 nitrogen and oxygen atoms in total. The molecule has 0 saturated heterocycles. The van der Waals surface area contributed by atoms with Crippen molar-refractivity contribution in [2.75, 3.05) is 5.32 Å². The lowest BCUT2D eigenvalue weighted by Gasteiger charge is -2.09. The van der Waals surface area contributed by atoms with E-state index in [1.807, 2.05) is 42.9 Å². The molecule has 28 heavy (non-hydrogen) atoms. The van der Waals surface area contributed by atoms with Crippen LogP contribution < -0.4 is 10.6 Å². The van der Waals surface area contributed by atoms with E-state index < -0.39 is 0 Å². The summed E-state index contributed by atoms with van der Waals surface area (Å²) in [6.45, 7) is 3.10. The Morgan fingerprint density at radius 3 is 2.89 bits per heavy atom. The number of carbonyl (C=O) groups excluding carboxylic acids is 1. The SMILES string of the molecule is Cc1nn(C)c2ncc(NC(=O)NCc3cccc(Cn4ccnc4)c3)cc12. The number of nitrogens with zero attached hydrogens (tertiary/aromatic N) is 5. The lowest BCUT2D eigenvalue weighted by atomic mass is 10.1. The first-order chi connectivity index (χ1) is 13.6. The minimum atomic E-state index is -0.275. The molecule has 0 aliphatic carbocycles. The topological polar surface area (TPSA) is 89.7 Å². The Bertz CT molecular complexity index is 1120. The molecular formula is C20H21N7O. The van der Waals surface area contributed by atoms with Gasteiger partial charge in [0.1, 0.15) is 0 Å². The van der Waals surface area contributed by atoms with Crippen molar-refractivity contribution in [3.8, 4) is 0 Å². The van der Waals surface area contributed by atoms with Crippen LogP contribution >= 0.6 is 0 Å². The van der Waals surface area contributed by atoms with Gasteiger partial charge >= 0.3 is 6.03 Å². The quantitative estimate of drug-likeness (QED) is 0.561. The Morgan fingerprint density at radius 2 is 2.07 bits per heavy atom. The smallest absolute Gasteiger partial charge is 0.319 e. The number of anilines is 1. The molecule has 0 aliphatic rings. The summed E-state index contributed by atoms with van der Waals surface area (Å²) >= 11 is 0. The van der Waals surface area contributed by atoms with E-state index in [2.05, 4.69) is 37.8 Å². The Balaban J connectivity index is 1.37. The van der Waals surface area contributed by atoms with E-state index in [9.17, 15) is 4.79 Å². The van der Waals surface area contributed by atoms with Gasteiger partial charge in [0, 0.05) is 37.9 Å². The van der Waals surface area contributed by atoms with Crippen molar-refractivity contribution in [2.45, 2.75) is 20.0 Å². The third-order valence-corrected chi connectivity index (χ3v) is 4.49. The summed E-state index contributed by atoms with van der Waals surface area (Å²) in [7, 11) is 1.85. The number of urea groups is 1. The van der Waals surface area contributed by atoms with Gasteiger partial charge < -0.3 is 15.2 Å². The minimum Gasteiger partial charge on any atom is -0.334 e. The highest BCUT2D eigenvalue weighted by Gasteiger charge is 2.09. The van der Waals surface area contributed by atoms with Crippen LogP contribution in [0.1, 0.15) is 16.8 Å². The molecule has 0 atom stereocenters. The van der Waals surface area contributed by atoms with E-state index >= 15 is 0 Å². The molecule has 0 aliphatic heterocycles. The molecule has 142 valence electrons. The first-order valence-corrected chi connectivity index (χ1v) is 8.96. The zero-order valence-corrected chi connectivity index (χ0v) is 15.8. The van der Waals surface area contributed by atoms with Crippen LogP contribution in [-0.2, 0) is 20.1 Å². The van der Waals surface area contributed by atoms with Crippen molar-refractivity contribution >= 4 is 22.8 Å². The number of hydrogen-bond acceptors (Lipinski definition) is 4. The van der Waals surface area contributed by atoms with Crippen LogP contribution in [0.2, 0.25) is 0 Å². The number of amides is 2. The average molecular weight is 375 g/mol. The van der Waals surface area contributed by atoms with Crippen LogP contribution in [-0.4, -0.2) is 30.3 Å². The van der Waals surface area contributed by atoms with Gasteiger partial charge in [0.25, 0.3) is 0 Å². The molecule has 0 saturated carbocycles. The fraction of sp³-hybridized carbons (Fsp3) is 0.200. The molecular weight excluding hydrogens is 354 g/mol. The standard InChI is InChI=1S/C20H21N7O/c1-14-18-9-17(11-22-19(18)26(2)25-14)24-20(28)23-10-15-4-3-5-16(8-15)12-27-7-6-21-13-27/h3-9,11,13H,10,12H2,1-2H3,(H2,23,24,28). The molecule has 3 heterocycles. The summed E-state index contributed by atoms with van der Waals surface area (Å²) in [5.74, 6) is 0. The predicted molar refractivity (Wildman–Crippen MR) is 107 cm³/mol. The van der Waals surface area contributed by atoms with Crippen molar-refractivity contribution in [3.05, 3.63) is 72.1 Å². The third kappa shape index (κ3) is 3.85. The van der Waals surface area contributed by atoms with Crippen LogP contribution in [0, 0.1) is 6.92 Å². The first kappa shape index (κ1) is 17.7. The van der Waals surface area contributed by atoms with Crippen LogP contribution in [0.15, 0.2) is 55.2 Å². The van der Waals surface area contributed by atoms with Gasteiger partial charge in [-0.25, -0.2) is 14.8 Å². The van der Waals surface area contributed by atoms with Crippen molar-refractivity contribution in [3.63, 3.8) is 0 Å². The number of aryl methyl sites for hydroxylation is 2. The largest absolute Gasteiger partial charge is 0.334 e. The normalized spacial score (nSPS) is 10.9. The van der Waals surface area contributed by atoms with E-state index in [1.165, 1.54) is 0 Å². The Morgan fingerprint density at radius 1 is 1.21 bits per heavy atom. The number of fused-ring (bicyclic) bond motifs is 1. The lowest BCUT2D eigenvalue weighted by molar-refractivity contribution is 0.251. The summed E-state index contributed by atoms with van der Waals surface area (Å²) < 4.78 is 3.73. The van der Waals surface area contributed by atoms with Crippen LogP contribution in [0.5, 0.6) is 0 Å². The lowest BCUT2D eigenvalue weighted by Crippen LogP contribution is -2.28. The zero-order valence-electron chi connectivity index (χ0n) is 15.8. The second kappa shape index (κ2) is 7.51. The van der Waals surface area contributed by atoms with Crippen molar-refractivity contribution in [1.82, 2.24) is 29.6 Å². The molecule has 1 aromatic carbocycles. The average Bonchev–Trinajstić information content (AvgIpc) is 3.28. The molecule has 0 fully saturated rings. The maximum atomic E-state index is 12.3. The van der Waals surface area contributed by atoms with Crippen molar-refractivity contribution in [1.29, 1.82) is 0 Å². The fourth-order valence-electron chi connectivity index (χ4n) is 3.16. The van der Waals surface area contributed by atoms with Crippen molar-refractivity contribution < 1.29 is 4.79 Å². The van der Waals surface area contributed by atoms with E-state index in [4.69, 9.17) is 0 Å². The maximum absolute atomic E-state index is 12.3. The molecule has 0 unspecified atom stereocenters. The third-order valence-electron chi connectivity index (χ3n) is 4.49. The molecule has 2 N–H and O–H groups in total. The monoisotopic (exact) mass is 375 g/mol. The van der Waals surface area contributed by atoms with Crippen LogP contribution in [0.25, 0.3) is 11.0 Å². The second-order valence-corrected chi connectivity index (χ2v) is 6.67. The Kier molecular flexibility index (Phi) is 4.76. The molecule has 0 bridgehead atoms. The number of imidazole rings is 1. The highest BCUT2D eigenvalue weighted by Crippen LogP contribution is 2.19. The second-order valence-electron chi connectivity index (χ2n) is 6.67. The first-order valence-electron chi connectivity index (χ1n) is 8.96. The van der Waals surface area contributed by atoms with E-state index in [-0.39, 0.29) is 6.03 Å². The van der Waals surface area contributed by atoms with Gasteiger partial charge in [-0.05, 0) is 24.1 Å². The summed E-state index contributed by atoms with van der Waals surface area (Å²) in [5.41, 5.74) is 4.49. The van der Waals surface area contributed by atoms with Gasteiger partial charge in [0.15, 0.2) is 5.65 Å². The molecule has 4 aromatic rings. The Labute approximate surface area is 162 Å². The number of benzene rings is 1. The van der Waals surface area contributed by atoms with Gasteiger partial charge in [-0.1, -0.05) is 24.3 Å². The molecule has 0 spiro atoms. The number of pyridine rings is 1. The molecule has 3 aromatic heterocycles. The fourth-order valence-corrected chi connectivity index (χ4v) is 3.16. The maximum Gasteiger partial charge on any atom is 0.319 e. The summed E-state index contributed by atoms with van der Waals surface area (Å²) in [6.07, 6.45) is 7.10. The summed E-state index contributed by atoms with van der Waals surface area (Å²) in [4.78, 5) is 20.7. The molecule has 8 heteroatoms. The van der Waals surface area contributed by atoms with Gasteiger partial charge in [-0.15, -0.1) is 0 Å². The predicted octanol–water partition coefficient (Wildman–Crippen LogP) is 2.84. The number of carbonyl (C=O) groups is 1. The van der Waals surface area contributed by atoms with E-state index in [0.29, 0.717) is 12.2 Å². The summed E-state index contributed by atoms with van der Waals surface area (Å²) in [5, 5.41) is 11.0. The van der Waals surface area contributed by atoms with Crippen molar-refractivity contribution in [2.24, 2.45) is 7.05 Å². The minimum absolute atomic E-state index is 0.275. The number of rotatable bonds is 5. The van der Waals surface area contributed by atoms with Gasteiger partial charge in [0.2, 0.25) is 0 Å². The number of nitrogens with one attached hydrogen (secondary N) is 2. The van der Waals surface area contributed by atoms with E-state index in [0.717, 1.165) is 34.4 Å². The van der Waals surface area contributed by atoms with Gasteiger partial charge in [-0.2, -0.15) is 5.10 Å². The zero-order chi connectivity index (χ0) is 19.5. The van der Waals surface area contributed by atoms with E-state index in [1.54, 1.807) is 23.4 Å². The Hall–Kier alpha value is -3.68. The molecule has 2 amide bonds. The van der Waals surface area contributed by atoms with Gasteiger partial charge in [-0.3, -0.25) is 4.68 Å². The summed E-state index contributed by atoms with van der Waals surface area (Å²) in [6, 6.07) is 9.72. The van der Waals surface area contributed by atoms with Gasteiger partial charge in [0.05, 0.1) is 23.9 Å². The molecule has 0 radical (unpaired) electrons. The van der Waals surface area contributed by atoms with Crippen LogP contribution in [0.3, 0.4) is 0 Å². The van der Waals surface area contributed by atoms with Crippen LogP contribution in [0.4, 0.5) is 10.5 Å². The highest BCUT2D eigenvalue weighted by molar-refractivity contribution is 5.92. The molecule has 4 rings (SSSR count).